The van der Waals surface area contributed by atoms with E-state index in [0.717, 1.165) is 0 Å². The summed E-state index contributed by atoms with van der Waals surface area (Å²) < 4.78 is 0. The molecule has 0 saturated carbocycles. The normalized spacial score (nSPS) is 10.9. The molecule has 180 valence electrons. The Kier molecular flexibility index (Phi) is 12.1. The van der Waals surface area contributed by atoms with Crippen molar-refractivity contribution in [3.63, 3.8) is 0 Å². The van der Waals surface area contributed by atoms with Crippen molar-refractivity contribution in [3.05, 3.63) is 52.1 Å². The molecule has 36 heavy (non-hydrogen) atoms. The molecule has 0 bridgehead atoms. The van der Waals surface area contributed by atoms with Gasteiger partial charge in [-0.25, -0.2) is 14.8 Å². The number of carbonyl (C=O) groups is 4. The number of nitrogen functional groups attached to an aromatic ring is 1. The molecule has 0 saturated heterocycles. The van der Waals surface area contributed by atoms with Gasteiger partial charge in [-0.3, -0.25) is 19.2 Å². The summed E-state index contributed by atoms with van der Waals surface area (Å²) in [7, 11) is 0. The van der Waals surface area contributed by atoms with Gasteiger partial charge in [0.2, 0.25) is 12.4 Å². The number of aromatic nitrogens is 4. The third-order valence-electron chi connectivity index (χ3n) is 4.66. The van der Waals surface area contributed by atoms with Gasteiger partial charge < -0.3 is 31.1 Å². The number of nitrogens with two attached hydrogens (primary N) is 1. The summed E-state index contributed by atoms with van der Waals surface area (Å²) in [5.41, 5.74) is 5.70. The Hall–Kier alpha value is -2.88. The van der Waals surface area contributed by atoms with Crippen LogP contribution >= 0.6 is 0 Å². The average molecular weight is 517 g/mol. The fourth-order valence-electron chi connectivity index (χ4n) is 2.99. The van der Waals surface area contributed by atoms with Crippen LogP contribution in [0.3, 0.4) is 0 Å². The van der Waals surface area contributed by atoms with Crippen LogP contribution in [0.1, 0.15) is 28.9 Å². The summed E-state index contributed by atoms with van der Waals surface area (Å²) in [5.74, 6) is -3.35. The number of rotatable bonds is 10. The van der Waals surface area contributed by atoms with Crippen LogP contribution in [0, 0.1) is 0 Å². The number of carboxylic acid groups (broad SMARTS) is 2. The molecule has 0 radical (unpaired) electrons. The Labute approximate surface area is 247 Å². The van der Waals surface area contributed by atoms with Crippen LogP contribution in [0.25, 0.3) is 11.2 Å². The number of H-pyrrole nitrogens is 1. The number of benzene rings is 1. The van der Waals surface area contributed by atoms with Crippen LogP contribution in [0.4, 0.5) is 11.6 Å². The zero-order chi connectivity index (χ0) is 24.8. The number of nitrogens with zero attached hydrogens (tertiary/aromatic N) is 4. The second kappa shape index (κ2) is 14.0. The van der Waals surface area contributed by atoms with Gasteiger partial charge in [-0.05, 0) is 30.7 Å². The number of amides is 2. The molecule has 6 N–H and O–H groups in total. The summed E-state index contributed by atoms with van der Waals surface area (Å²) in [4.78, 5) is 73.5. The molecular formula is C20H21N7Na2O7. The minimum atomic E-state index is -1.37. The topological polar surface area (TPSA) is 222 Å². The van der Waals surface area contributed by atoms with E-state index >= 15 is 0 Å². The molecule has 0 aliphatic rings. The van der Waals surface area contributed by atoms with Gasteiger partial charge in [0.1, 0.15) is 6.04 Å². The fourth-order valence-corrected chi connectivity index (χ4v) is 2.99. The summed E-state index contributed by atoms with van der Waals surface area (Å²) in [5, 5.41) is 20.1. The number of aromatic amines is 1. The van der Waals surface area contributed by atoms with Gasteiger partial charge >= 0.3 is 76.6 Å². The number of aliphatic carboxylic acids is 2. The first-order valence-corrected chi connectivity index (χ1v) is 9.77. The number of carbonyl (C=O) groups excluding carboxylic acids is 2. The maximum absolute atomic E-state index is 12.4. The number of anilines is 2. The quantitative estimate of drug-likeness (QED) is 0.149. The van der Waals surface area contributed by atoms with E-state index in [1.54, 1.807) is 0 Å². The van der Waals surface area contributed by atoms with Gasteiger partial charge in [-0.2, -0.15) is 4.98 Å². The average Bonchev–Trinajstić information content (AvgIpc) is 2.80. The monoisotopic (exact) mass is 517 g/mol. The number of hydrogen-bond donors (Lipinski definition) is 5. The number of nitrogens with one attached hydrogen (secondary N) is 2. The van der Waals surface area contributed by atoms with Crippen molar-refractivity contribution in [1.82, 2.24) is 25.3 Å². The molecular weight excluding hydrogens is 496 g/mol. The third kappa shape index (κ3) is 8.08. The predicted molar refractivity (Wildman–Crippen MR) is 131 cm³/mol. The molecule has 0 fully saturated rings. The maximum atomic E-state index is 12.4. The first-order valence-electron chi connectivity index (χ1n) is 9.77. The van der Waals surface area contributed by atoms with E-state index in [9.17, 15) is 29.1 Å². The van der Waals surface area contributed by atoms with Crippen LogP contribution in [0.2, 0.25) is 0 Å². The molecule has 0 spiro atoms. The van der Waals surface area contributed by atoms with Crippen LogP contribution in [-0.2, 0) is 20.9 Å². The Morgan fingerprint density at radius 1 is 1.14 bits per heavy atom. The van der Waals surface area contributed by atoms with Crippen molar-refractivity contribution < 1.29 is 29.4 Å². The molecule has 3 aromatic rings. The van der Waals surface area contributed by atoms with Gasteiger partial charge in [0, 0.05) is 17.7 Å². The van der Waals surface area contributed by atoms with Gasteiger partial charge in [0.25, 0.3) is 5.91 Å². The molecule has 0 aliphatic carbocycles. The van der Waals surface area contributed by atoms with E-state index in [-0.39, 0.29) is 94.8 Å². The number of carboxylic acids is 2. The van der Waals surface area contributed by atoms with Gasteiger partial charge in [0.15, 0.2) is 11.2 Å². The Morgan fingerprint density at radius 2 is 1.81 bits per heavy atom. The summed E-state index contributed by atoms with van der Waals surface area (Å²) in [6.07, 6.45) is 1.20. The molecule has 16 heteroatoms. The van der Waals surface area contributed by atoms with E-state index < -0.39 is 35.9 Å². The van der Waals surface area contributed by atoms with Gasteiger partial charge in [-0.1, -0.05) is 0 Å². The second-order valence-corrected chi connectivity index (χ2v) is 7.06. The van der Waals surface area contributed by atoms with Crippen LogP contribution in [0.15, 0.2) is 35.3 Å². The first kappa shape index (κ1) is 31.2. The van der Waals surface area contributed by atoms with Crippen molar-refractivity contribution in [1.29, 1.82) is 0 Å². The number of fused-ring (bicyclic) bond motifs is 1. The molecule has 14 nitrogen and oxygen atoms in total. The van der Waals surface area contributed by atoms with Crippen LogP contribution < -0.4 is 21.5 Å². The Balaban J connectivity index is 0.00000324. The fraction of sp³-hybridized carbons (Fsp3) is 0.200. The van der Waals surface area contributed by atoms with Crippen molar-refractivity contribution in [2.24, 2.45) is 0 Å². The SMILES string of the molecule is Nc1nc(=O)c2nc(CN(C=O)c3ccc(C(=O)N[C@@H](CCC(=O)O)C(=O)O)cc3)cnc2[nH]1.[NaH].[NaH]. The zero-order valence-corrected chi connectivity index (χ0v) is 17.5. The van der Waals surface area contributed by atoms with Crippen molar-refractivity contribution in [2.45, 2.75) is 25.4 Å². The van der Waals surface area contributed by atoms with Gasteiger partial charge in [0.05, 0.1) is 18.4 Å². The molecule has 2 amide bonds. The molecule has 1 aromatic carbocycles. The molecule has 2 aromatic heterocycles. The molecule has 0 aliphatic heterocycles. The van der Waals surface area contributed by atoms with Gasteiger partial charge in [-0.15, -0.1) is 0 Å². The first-order chi connectivity index (χ1) is 16.2. The Morgan fingerprint density at radius 3 is 2.39 bits per heavy atom. The second-order valence-electron chi connectivity index (χ2n) is 7.06. The predicted octanol–water partition coefficient (Wildman–Crippen LogP) is -1.79. The van der Waals surface area contributed by atoms with E-state index in [4.69, 9.17) is 10.8 Å². The third-order valence-corrected chi connectivity index (χ3v) is 4.66. The van der Waals surface area contributed by atoms with Crippen LogP contribution in [-0.4, -0.2) is 120 Å². The van der Waals surface area contributed by atoms with Crippen molar-refractivity contribution in [2.75, 3.05) is 10.6 Å². The molecule has 3 rings (SSSR count). The van der Waals surface area contributed by atoms with Crippen molar-refractivity contribution >= 4 is 106 Å². The van der Waals surface area contributed by atoms with E-state index in [2.05, 4.69) is 25.3 Å². The van der Waals surface area contributed by atoms with Crippen LogP contribution in [0.5, 0.6) is 0 Å². The molecule has 0 unspecified atom stereocenters. The molecule has 2 heterocycles. The summed E-state index contributed by atoms with van der Waals surface area (Å²) in [6.45, 7) is -0.0436. The minimum absolute atomic E-state index is 0. The van der Waals surface area contributed by atoms with E-state index in [1.165, 1.54) is 35.4 Å². The summed E-state index contributed by atoms with van der Waals surface area (Å²) in [6, 6.07) is 4.30. The van der Waals surface area contributed by atoms with E-state index in [0.29, 0.717) is 17.8 Å². The summed E-state index contributed by atoms with van der Waals surface area (Å²) >= 11 is 0. The Bertz CT molecular complexity index is 1320. The standard InChI is InChI=1S/C20H19N7O7.2Na.2H/c21-20-25-16-15(18(32)26-20)23-11(7-22-16)8-27(9-28)12-3-1-10(2-4-12)17(31)24-13(19(33)34)5-6-14(29)30;;;;/h1-4,7,9,13H,5-6,8H2,(H,24,31)(H,29,30)(H,33,34)(H3,21,22,25,26,32);;;;/t13-;;;;/m0..../s1. The van der Waals surface area contributed by atoms with E-state index in [1.807, 2.05) is 0 Å². The zero-order valence-electron chi connectivity index (χ0n) is 17.5. The molecule has 1 atom stereocenters. The van der Waals surface area contributed by atoms with Crippen molar-refractivity contribution in [3.8, 4) is 0 Å². The number of hydrogen-bond acceptors (Lipinski definition) is 9.